The van der Waals surface area contributed by atoms with E-state index in [0.29, 0.717) is 25.8 Å². The molecule has 0 amide bonds. The number of carbonyl (C=O) groups is 3. The molecular weight excluding hydrogens is 1090 g/mol. The van der Waals surface area contributed by atoms with Gasteiger partial charge in [0.1, 0.15) is 49.3 Å². The van der Waals surface area contributed by atoms with E-state index < -0.39 is 149 Å². The lowest BCUT2D eigenvalue weighted by Crippen LogP contribution is -2.59. The Bertz CT molecular complexity index is 2360. The Kier molecular flexibility index (Phi) is 24.3. The van der Waals surface area contributed by atoms with Crippen molar-refractivity contribution >= 4 is 33.5 Å². The summed E-state index contributed by atoms with van der Waals surface area (Å²) in [5.41, 5.74) is -1.78. The van der Waals surface area contributed by atoms with E-state index in [1.165, 1.54) is 28.3 Å². The molecule has 22 atom stereocenters. The SMILES string of the molecule is CO/N=C1\C[C@@H](C)O[C@@H](O[C@@H]2[C@@H](C)[C@H](O[C@H]3CC(C)N([C@H]4C[C@H](NS(=O)(=O)c5ccccc5)C4)C[C@H](C)O3)[C@@H](C)C(=O)O[C@H]([C@@H](C)CO[C@@H]3O[C@H](C)[C@@H](O)[C@@H](OC)[C@H]3OC)[C@H](C)[C@@H](OC(=O)CC(C)C)[C@@H](C)C(=O)[C@@](C)(O)C[C@@H]2C)[C@@H]1O. The van der Waals surface area contributed by atoms with Crippen LogP contribution in [-0.4, -0.2) is 196 Å². The fourth-order valence-electron chi connectivity index (χ4n) is 12.9. The highest BCUT2D eigenvalue weighted by Gasteiger charge is 2.52. The van der Waals surface area contributed by atoms with Crippen LogP contribution >= 0.6 is 0 Å². The highest BCUT2D eigenvalue weighted by molar-refractivity contribution is 7.89. The maximum atomic E-state index is 15.4. The second-order valence-corrected chi connectivity index (χ2v) is 26.5. The first-order valence-electron chi connectivity index (χ1n) is 29.4. The zero-order chi connectivity index (χ0) is 60.7. The first-order chi connectivity index (χ1) is 38.5. The number of methoxy groups -OCH3 is 2. The molecule has 4 N–H and O–H groups in total. The van der Waals surface area contributed by atoms with Crippen molar-refractivity contribution in [1.82, 2.24) is 9.62 Å². The summed E-state index contributed by atoms with van der Waals surface area (Å²) in [5.74, 6) is -7.34. The Morgan fingerprint density at radius 3 is 2.10 bits per heavy atom. The fourth-order valence-corrected chi connectivity index (χ4v) is 14.2. The number of hydrogen-bond donors (Lipinski definition) is 4. The summed E-state index contributed by atoms with van der Waals surface area (Å²) in [6.07, 6.45) is -11.7. The number of aliphatic hydroxyl groups is 3. The van der Waals surface area contributed by atoms with E-state index in [4.69, 9.17) is 52.2 Å². The van der Waals surface area contributed by atoms with Crippen molar-refractivity contribution < 1.29 is 90.3 Å². The van der Waals surface area contributed by atoms with E-state index in [1.54, 1.807) is 78.8 Å². The molecule has 5 aliphatic rings. The van der Waals surface area contributed by atoms with Crippen LogP contribution < -0.4 is 4.72 Å². The van der Waals surface area contributed by atoms with Crippen molar-refractivity contribution in [2.75, 3.05) is 34.5 Å². The molecule has 1 aromatic rings. The molecule has 4 heterocycles. The van der Waals surface area contributed by atoms with E-state index in [-0.39, 0.29) is 66.6 Å². The average molecular weight is 1180 g/mol. The van der Waals surface area contributed by atoms with Gasteiger partial charge in [-0.15, -0.1) is 0 Å². The summed E-state index contributed by atoms with van der Waals surface area (Å²) in [6.45, 7) is 23.5. The van der Waals surface area contributed by atoms with Gasteiger partial charge in [-0.25, -0.2) is 13.1 Å². The van der Waals surface area contributed by atoms with Crippen molar-refractivity contribution in [3.63, 3.8) is 0 Å². The summed E-state index contributed by atoms with van der Waals surface area (Å²) in [4.78, 5) is 51.9. The minimum absolute atomic E-state index is 0.0238. The largest absolute Gasteiger partial charge is 0.461 e. The van der Waals surface area contributed by atoms with E-state index in [0.717, 1.165) is 0 Å². The van der Waals surface area contributed by atoms with Gasteiger partial charge in [-0.1, -0.05) is 71.8 Å². The maximum Gasteiger partial charge on any atom is 0.311 e. The van der Waals surface area contributed by atoms with Gasteiger partial charge in [0.05, 0.1) is 59.6 Å². The summed E-state index contributed by atoms with van der Waals surface area (Å²) in [7, 11) is 0.556. The molecule has 6 rings (SSSR count). The molecule has 0 aromatic heterocycles. The summed E-state index contributed by atoms with van der Waals surface area (Å²) in [6, 6.07) is 7.92. The first kappa shape index (κ1) is 67.9. The average Bonchev–Trinajstić information content (AvgIpc) is 3.07. The monoisotopic (exact) mass is 1180 g/mol. The number of hydrogen-bond acceptors (Lipinski definition) is 21. The lowest BCUT2D eigenvalue weighted by Gasteiger charge is -2.45. The normalized spacial score (nSPS) is 41.4. The quantitative estimate of drug-likeness (QED) is 0.109. The van der Waals surface area contributed by atoms with Crippen molar-refractivity contribution in [2.24, 2.45) is 46.6 Å². The molecule has 22 nitrogen and oxygen atoms in total. The topological polar surface area (TPSA) is 275 Å². The number of esters is 2. The van der Waals surface area contributed by atoms with Crippen molar-refractivity contribution in [3.05, 3.63) is 30.3 Å². The van der Waals surface area contributed by atoms with E-state index >= 15 is 9.59 Å². The molecule has 23 heteroatoms. The van der Waals surface area contributed by atoms with Crippen LogP contribution in [0.1, 0.15) is 129 Å². The van der Waals surface area contributed by atoms with Gasteiger partial charge in [0.25, 0.3) is 0 Å². The molecule has 1 unspecified atom stereocenters. The molecule has 4 saturated heterocycles. The molecule has 4 aliphatic heterocycles. The third-order valence-corrected chi connectivity index (χ3v) is 18.9. The van der Waals surface area contributed by atoms with Gasteiger partial charge >= 0.3 is 11.9 Å². The van der Waals surface area contributed by atoms with E-state index in [2.05, 4.69) is 21.7 Å². The summed E-state index contributed by atoms with van der Waals surface area (Å²) >= 11 is 0. The van der Waals surface area contributed by atoms with Crippen molar-refractivity contribution in [3.8, 4) is 0 Å². The molecule has 82 heavy (non-hydrogen) atoms. The number of carbonyl (C=O) groups excluding carboxylic acids is 3. The minimum atomic E-state index is -3.72. The molecule has 0 bridgehead atoms. The molecule has 5 fully saturated rings. The molecule has 468 valence electrons. The zero-order valence-corrected chi connectivity index (χ0v) is 51.9. The highest BCUT2D eigenvalue weighted by Crippen LogP contribution is 2.40. The van der Waals surface area contributed by atoms with Crippen LogP contribution in [-0.2, 0) is 76.6 Å². The second kappa shape index (κ2) is 29.4. The minimum Gasteiger partial charge on any atom is -0.461 e. The number of aliphatic hydroxyl groups excluding tert-OH is 2. The smallest absolute Gasteiger partial charge is 0.311 e. The van der Waals surface area contributed by atoms with Gasteiger partial charge in [0, 0.05) is 75.9 Å². The molecule has 1 saturated carbocycles. The Hall–Kier alpha value is -3.27. The summed E-state index contributed by atoms with van der Waals surface area (Å²) < 4.78 is 93.2. The Morgan fingerprint density at radius 1 is 0.817 bits per heavy atom. The Balaban J connectivity index is 1.38. The van der Waals surface area contributed by atoms with Crippen molar-refractivity contribution in [2.45, 2.75) is 243 Å². The van der Waals surface area contributed by atoms with Crippen LogP contribution in [0.3, 0.4) is 0 Å². The predicted molar refractivity (Wildman–Crippen MR) is 300 cm³/mol. The number of ether oxygens (including phenoxy) is 10. The molecule has 1 aliphatic carbocycles. The van der Waals surface area contributed by atoms with Gasteiger partial charge in [0.2, 0.25) is 10.0 Å². The van der Waals surface area contributed by atoms with Crippen molar-refractivity contribution in [1.29, 1.82) is 0 Å². The Labute approximate surface area is 486 Å². The lowest BCUT2D eigenvalue weighted by atomic mass is 9.74. The van der Waals surface area contributed by atoms with Gasteiger partial charge < -0.3 is 67.5 Å². The Morgan fingerprint density at radius 2 is 1.48 bits per heavy atom. The highest BCUT2D eigenvalue weighted by atomic mass is 32.2. The van der Waals surface area contributed by atoms with Crippen LogP contribution in [0.4, 0.5) is 0 Å². The first-order valence-corrected chi connectivity index (χ1v) is 30.9. The molecule has 0 radical (unpaired) electrons. The number of Topliss-reactive ketones (excluding diaryl/α,β-unsaturated/α-hetero) is 1. The van der Waals surface area contributed by atoms with Crippen LogP contribution in [0.15, 0.2) is 40.4 Å². The summed E-state index contributed by atoms with van der Waals surface area (Å²) in [5, 5.41) is 39.3. The number of benzene rings is 1. The maximum absolute atomic E-state index is 15.4. The van der Waals surface area contributed by atoms with Crippen LogP contribution in [0.5, 0.6) is 0 Å². The number of ketones is 1. The number of oxime groups is 1. The predicted octanol–water partition coefficient (Wildman–Crippen LogP) is 5.15. The molecular formula is C59H97N3O19S. The van der Waals surface area contributed by atoms with Crippen LogP contribution in [0, 0.1) is 41.4 Å². The zero-order valence-electron chi connectivity index (χ0n) is 51.1. The second-order valence-electron chi connectivity index (χ2n) is 24.8. The number of nitrogens with one attached hydrogen (secondary N) is 1. The van der Waals surface area contributed by atoms with Crippen LogP contribution in [0.25, 0.3) is 0 Å². The van der Waals surface area contributed by atoms with Gasteiger partial charge in [-0.05, 0) is 84.8 Å². The fraction of sp³-hybridized carbons (Fsp3) is 0.831. The van der Waals surface area contributed by atoms with Gasteiger partial charge in [0.15, 0.2) is 24.7 Å². The third-order valence-electron chi connectivity index (χ3n) is 17.3. The van der Waals surface area contributed by atoms with E-state index in [9.17, 15) is 28.5 Å². The van der Waals surface area contributed by atoms with Crippen LogP contribution in [0.2, 0.25) is 0 Å². The van der Waals surface area contributed by atoms with Gasteiger partial charge in [-0.2, -0.15) is 0 Å². The number of sulfonamides is 1. The third kappa shape index (κ3) is 16.6. The standard InChI is InChI=1S/C59H97N3O19S/c1-30(2)22-45(63)78-51-37(9)50(32(4)29-74-58-54(72-15)53(71-14)47(64)40(12)77-58)80-56(67)39(11)52(36(8)49(31(3)27-59(13,68)55(66)38(51)10)81-57-48(65)44(60-73-16)24-34(6)76-57)79-46-23-33(5)62(28-35(7)75-46)42-25-41(26-42)61-82(69,70)43-20-18-17-19-21-43/h17-21,30-42,46-54,57-58,61,64-65,68H,22-29H2,1-16H3/b60-44+/t31-,32-,33?,34+,35-,36+,37-,38+,39+,40+,41-,42-,46-,47+,48+,49-,50+,51+,52-,53+,54+,57-,58+,59-/m0/s1. The number of nitrogens with zero attached hydrogens (tertiary/aromatic N) is 2. The lowest BCUT2D eigenvalue weighted by molar-refractivity contribution is -0.305. The number of cyclic esters (lactones) is 1. The van der Waals surface area contributed by atoms with E-state index in [1.807, 2.05) is 27.7 Å². The van der Waals surface area contributed by atoms with Gasteiger partial charge in [-0.3, -0.25) is 19.3 Å². The number of rotatable bonds is 18. The molecule has 0 spiro atoms. The molecule has 1 aromatic carbocycles.